The number of aliphatic hydroxyl groups is 1. The van der Waals surface area contributed by atoms with Gasteiger partial charge in [-0.1, -0.05) is 24.3 Å². The maximum atomic E-state index is 9.47. The molecule has 0 spiro atoms. The van der Waals surface area contributed by atoms with Gasteiger partial charge in [0.1, 0.15) is 0 Å². The van der Waals surface area contributed by atoms with Crippen LogP contribution in [0.25, 0.3) is 0 Å². The van der Waals surface area contributed by atoms with Gasteiger partial charge in [0.15, 0.2) is 5.96 Å². The summed E-state index contributed by atoms with van der Waals surface area (Å²) in [6.07, 6.45) is 2.21. The number of thiophene rings is 1. The molecule has 7 heteroatoms. The zero-order valence-corrected chi connectivity index (χ0v) is 18.9. The number of anilines is 1. The van der Waals surface area contributed by atoms with Gasteiger partial charge in [-0.25, -0.2) is 4.99 Å². The van der Waals surface area contributed by atoms with Crippen molar-refractivity contribution in [3.63, 3.8) is 0 Å². The van der Waals surface area contributed by atoms with Crippen molar-refractivity contribution in [1.29, 1.82) is 0 Å². The maximum Gasteiger partial charge on any atom is 0.191 e. The lowest BCUT2D eigenvalue weighted by atomic mass is 10.1. The summed E-state index contributed by atoms with van der Waals surface area (Å²) in [7, 11) is 0. The first-order valence-electron chi connectivity index (χ1n) is 9.31. The van der Waals surface area contributed by atoms with Crippen molar-refractivity contribution >= 4 is 46.3 Å². The Balaban J connectivity index is 0.00000261. The van der Waals surface area contributed by atoms with Crippen LogP contribution < -0.4 is 15.5 Å². The zero-order valence-electron chi connectivity index (χ0n) is 15.7. The van der Waals surface area contributed by atoms with E-state index in [9.17, 15) is 5.11 Å². The molecule has 3 N–H and O–H groups in total. The summed E-state index contributed by atoms with van der Waals surface area (Å²) in [6.45, 7) is 5.69. The van der Waals surface area contributed by atoms with Crippen LogP contribution >= 0.6 is 35.3 Å². The smallest absolute Gasteiger partial charge is 0.191 e. The number of aliphatic hydroxyl groups excluding tert-OH is 1. The van der Waals surface area contributed by atoms with Crippen molar-refractivity contribution < 1.29 is 5.11 Å². The Morgan fingerprint density at radius 2 is 1.93 bits per heavy atom. The Labute approximate surface area is 182 Å². The molecule has 2 aromatic rings. The molecular formula is C20H29IN4OS. The van der Waals surface area contributed by atoms with E-state index in [0.29, 0.717) is 12.6 Å². The molecule has 1 aliphatic rings. The average Bonchev–Trinajstić information content (AvgIpc) is 3.22. The fourth-order valence-electron chi connectivity index (χ4n) is 3.24. The van der Waals surface area contributed by atoms with Crippen molar-refractivity contribution in [3.05, 3.63) is 52.9 Å². The highest BCUT2D eigenvalue weighted by molar-refractivity contribution is 14.0. The van der Waals surface area contributed by atoms with Gasteiger partial charge in [-0.3, -0.25) is 0 Å². The van der Waals surface area contributed by atoms with Crippen LogP contribution in [0.5, 0.6) is 0 Å². The van der Waals surface area contributed by atoms with Crippen molar-refractivity contribution in [1.82, 2.24) is 10.6 Å². The number of benzene rings is 1. The molecule has 5 nitrogen and oxygen atoms in total. The Kier molecular flexibility index (Phi) is 9.36. The molecule has 0 bridgehead atoms. The predicted octanol–water partition coefficient (Wildman–Crippen LogP) is 3.58. The molecule has 1 fully saturated rings. The molecule has 1 saturated heterocycles. The molecule has 0 radical (unpaired) electrons. The van der Waals surface area contributed by atoms with Crippen LogP contribution in [0, 0.1) is 0 Å². The number of hydrogen-bond donors (Lipinski definition) is 3. The number of nitrogens with zero attached hydrogens (tertiary/aromatic N) is 2. The van der Waals surface area contributed by atoms with Gasteiger partial charge in [-0.2, -0.15) is 0 Å². The number of rotatable bonds is 6. The van der Waals surface area contributed by atoms with E-state index in [1.807, 2.05) is 35.6 Å². The Bertz CT molecular complexity index is 700. The molecule has 2 heterocycles. The van der Waals surface area contributed by atoms with E-state index in [-0.39, 0.29) is 30.6 Å². The van der Waals surface area contributed by atoms with Gasteiger partial charge in [-0.05, 0) is 48.4 Å². The minimum absolute atomic E-state index is 0. The van der Waals surface area contributed by atoms with Crippen LogP contribution in [0.1, 0.15) is 30.9 Å². The van der Waals surface area contributed by atoms with Gasteiger partial charge in [0.05, 0.1) is 18.2 Å². The van der Waals surface area contributed by atoms with Crippen LogP contribution in [0.2, 0.25) is 0 Å². The van der Waals surface area contributed by atoms with Crippen molar-refractivity contribution in [2.75, 3.05) is 24.5 Å². The first-order chi connectivity index (χ1) is 12.8. The highest BCUT2D eigenvalue weighted by Gasteiger charge is 2.20. The number of hydrogen-bond acceptors (Lipinski definition) is 4. The third kappa shape index (κ3) is 6.36. The van der Waals surface area contributed by atoms with E-state index in [0.717, 1.165) is 49.6 Å². The second-order valence-corrected chi connectivity index (χ2v) is 7.41. The van der Waals surface area contributed by atoms with Crippen molar-refractivity contribution in [2.24, 2.45) is 4.99 Å². The van der Waals surface area contributed by atoms with Crippen LogP contribution in [0.15, 0.2) is 46.8 Å². The van der Waals surface area contributed by atoms with Gasteiger partial charge >= 0.3 is 0 Å². The molecule has 0 saturated carbocycles. The molecule has 0 atom stereocenters. The van der Waals surface area contributed by atoms with Crippen LogP contribution in [0.3, 0.4) is 0 Å². The second kappa shape index (κ2) is 11.5. The average molecular weight is 500 g/mol. The van der Waals surface area contributed by atoms with Gasteiger partial charge < -0.3 is 20.6 Å². The lowest BCUT2D eigenvalue weighted by Gasteiger charge is -2.33. The topological polar surface area (TPSA) is 59.9 Å². The number of piperidine rings is 1. The summed E-state index contributed by atoms with van der Waals surface area (Å²) >= 11 is 1.81. The van der Waals surface area contributed by atoms with Gasteiger partial charge in [-0.15, -0.1) is 35.3 Å². The summed E-state index contributed by atoms with van der Waals surface area (Å²) in [5.74, 6) is 0.856. The molecule has 0 amide bonds. The van der Waals surface area contributed by atoms with Crippen LogP contribution in [-0.4, -0.2) is 36.7 Å². The van der Waals surface area contributed by atoms with E-state index in [1.54, 1.807) is 0 Å². The fraction of sp³-hybridized carbons (Fsp3) is 0.450. The van der Waals surface area contributed by atoms with E-state index in [4.69, 9.17) is 4.99 Å². The predicted molar refractivity (Wildman–Crippen MR) is 125 cm³/mol. The molecule has 0 unspecified atom stereocenters. The van der Waals surface area contributed by atoms with E-state index in [2.05, 4.69) is 40.0 Å². The zero-order chi connectivity index (χ0) is 18.2. The van der Waals surface area contributed by atoms with Gasteiger partial charge in [0.25, 0.3) is 0 Å². The quantitative estimate of drug-likeness (QED) is 0.323. The molecule has 1 aliphatic heterocycles. The third-order valence-electron chi connectivity index (χ3n) is 4.69. The first kappa shape index (κ1) is 22.0. The molecule has 0 aliphatic carbocycles. The largest absolute Gasteiger partial charge is 0.392 e. The number of guanidine groups is 1. The van der Waals surface area contributed by atoms with E-state index < -0.39 is 0 Å². The summed E-state index contributed by atoms with van der Waals surface area (Å²) in [6, 6.07) is 12.7. The Morgan fingerprint density at radius 3 is 2.56 bits per heavy atom. The molecule has 3 rings (SSSR count). The highest BCUT2D eigenvalue weighted by Crippen LogP contribution is 2.24. The van der Waals surface area contributed by atoms with Gasteiger partial charge in [0, 0.05) is 25.7 Å². The molecular weight excluding hydrogens is 471 g/mol. The summed E-state index contributed by atoms with van der Waals surface area (Å²) < 4.78 is 0. The number of nitrogens with one attached hydrogen (secondary N) is 2. The Morgan fingerprint density at radius 1 is 1.19 bits per heavy atom. The van der Waals surface area contributed by atoms with E-state index in [1.165, 1.54) is 5.00 Å². The third-order valence-corrected chi connectivity index (χ3v) is 5.62. The monoisotopic (exact) mass is 500 g/mol. The lowest BCUT2D eigenvalue weighted by Crippen LogP contribution is -2.48. The number of aliphatic imine (C=N–C) groups is 1. The first-order valence-corrected chi connectivity index (χ1v) is 10.2. The van der Waals surface area contributed by atoms with Crippen molar-refractivity contribution in [2.45, 2.75) is 39.0 Å². The number of halogens is 1. The summed E-state index contributed by atoms with van der Waals surface area (Å²) in [4.78, 5) is 7.19. The van der Waals surface area contributed by atoms with Gasteiger partial charge in [0.2, 0.25) is 0 Å². The van der Waals surface area contributed by atoms with Crippen LogP contribution in [0.4, 0.5) is 5.00 Å². The maximum absolute atomic E-state index is 9.47. The molecule has 1 aromatic heterocycles. The SMILES string of the molecule is CCNC(=NCc1ccccc1CO)NC1CCN(c2cccs2)CC1.I. The summed E-state index contributed by atoms with van der Waals surface area (Å²) in [5, 5.41) is 19.9. The summed E-state index contributed by atoms with van der Waals surface area (Å²) in [5.41, 5.74) is 2.01. The normalized spacial score (nSPS) is 15.3. The Hall–Kier alpha value is -1.32. The minimum Gasteiger partial charge on any atom is -0.392 e. The van der Waals surface area contributed by atoms with Crippen LogP contribution in [-0.2, 0) is 13.2 Å². The molecule has 27 heavy (non-hydrogen) atoms. The minimum atomic E-state index is 0. The fourth-order valence-corrected chi connectivity index (χ4v) is 4.02. The lowest BCUT2D eigenvalue weighted by molar-refractivity contribution is 0.280. The van der Waals surface area contributed by atoms with E-state index >= 15 is 0 Å². The standard InChI is InChI=1S/C20H28N4OS.HI/c1-2-21-20(22-14-16-6-3-4-7-17(16)15-25)23-18-9-11-24(12-10-18)19-8-5-13-26-19;/h3-8,13,18,25H,2,9-12,14-15H2,1H3,(H2,21,22,23);1H. The molecule has 1 aromatic carbocycles. The second-order valence-electron chi connectivity index (χ2n) is 6.48. The molecule has 148 valence electrons. The highest BCUT2D eigenvalue weighted by atomic mass is 127. The van der Waals surface area contributed by atoms with Crippen molar-refractivity contribution in [3.8, 4) is 0 Å².